The van der Waals surface area contributed by atoms with E-state index in [4.69, 9.17) is 31.7 Å². The van der Waals surface area contributed by atoms with Crippen LogP contribution < -0.4 is 36.1 Å². The summed E-state index contributed by atoms with van der Waals surface area (Å²) in [5.41, 5.74) is 4.54. The van der Waals surface area contributed by atoms with Gasteiger partial charge in [0.05, 0.1) is 33.9 Å². The fourth-order valence-corrected chi connectivity index (χ4v) is 3.70. The first kappa shape index (κ1) is 25.8. The van der Waals surface area contributed by atoms with Crippen LogP contribution in [0.15, 0.2) is 60.7 Å². The number of halogens is 1. The molecule has 0 fully saturated rings. The maximum absolute atomic E-state index is 13.2. The summed E-state index contributed by atoms with van der Waals surface area (Å²) in [6, 6.07) is 17.2. The summed E-state index contributed by atoms with van der Waals surface area (Å²) in [4.78, 5) is 25.1. The number of carbonyl (C=O) groups excluding carboxylic acids is 2. The number of amides is 2. The van der Waals surface area contributed by atoms with Crippen molar-refractivity contribution >= 4 is 29.1 Å². The number of nitrogens with two attached hydrogens (primary N) is 1. The van der Waals surface area contributed by atoms with Gasteiger partial charge in [-0.1, -0.05) is 41.9 Å². The first-order valence-corrected chi connectivity index (χ1v) is 11.0. The van der Waals surface area contributed by atoms with Crippen molar-refractivity contribution in [2.45, 2.75) is 6.04 Å². The number of benzene rings is 3. The molecule has 0 saturated carbocycles. The van der Waals surface area contributed by atoms with Gasteiger partial charge in [-0.05, 0) is 41.5 Å². The van der Waals surface area contributed by atoms with Gasteiger partial charge in [0.1, 0.15) is 0 Å². The van der Waals surface area contributed by atoms with Crippen LogP contribution in [-0.4, -0.2) is 39.7 Å². The van der Waals surface area contributed by atoms with Crippen LogP contribution in [0.4, 0.5) is 5.69 Å². The summed E-state index contributed by atoms with van der Waals surface area (Å²) >= 11 is 6.06. The van der Waals surface area contributed by atoms with E-state index < -0.39 is 6.04 Å². The Balaban J connectivity index is 1.98. The fraction of sp³-hybridized carbons (Fsp3) is 0.200. The van der Waals surface area contributed by atoms with Gasteiger partial charge in [-0.25, -0.2) is 5.84 Å². The molecule has 0 saturated heterocycles. The molecule has 0 aliphatic rings. The maximum atomic E-state index is 13.2. The number of methoxy groups -OCH3 is 3. The molecule has 0 aromatic heterocycles. The smallest absolute Gasteiger partial charge is 0.255 e. The Morgan fingerprint density at radius 2 is 1.57 bits per heavy atom. The molecule has 3 rings (SSSR count). The zero-order chi connectivity index (χ0) is 25.4. The monoisotopic (exact) mass is 498 g/mol. The second kappa shape index (κ2) is 12.1. The van der Waals surface area contributed by atoms with Crippen LogP contribution in [0.2, 0.25) is 5.02 Å². The van der Waals surface area contributed by atoms with E-state index in [2.05, 4.69) is 16.1 Å². The number of hydrogen-bond acceptors (Lipinski definition) is 7. The predicted molar refractivity (Wildman–Crippen MR) is 134 cm³/mol. The van der Waals surface area contributed by atoms with E-state index in [0.717, 1.165) is 11.1 Å². The number of anilines is 1. The van der Waals surface area contributed by atoms with E-state index >= 15 is 0 Å². The molecule has 3 aromatic rings. The summed E-state index contributed by atoms with van der Waals surface area (Å²) in [5, 5.41) is 6.71. The van der Waals surface area contributed by atoms with Gasteiger partial charge in [0, 0.05) is 16.3 Å². The first-order chi connectivity index (χ1) is 16.9. The van der Waals surface area contributed by atoms with E-state index in [9.17, 15) is 9.59 Å². The molecule has 2 amide bonds. The Hall–Kier alpha value is -3.79. The standard InChI is InChI=1S/C25H27ClN4O5/c1-33-20-12-16(13-21(34-2)24(20)35-3)25(32)29-19-7-5-4-6-18(19)23(28-14-22(31)30-27)15-8-10-17(26)11-9-15/h4-13,23,28H,14,27H2,1-3H3,(H,29,32)(H,30,31)/t23-/m1/s1. The number of para-hydroxylation sites is 1. The van der Waals surface area contributed by atoms with E-state index in [1.807, 2.05) is 24.3 Å². The molecule has 5 N–H and O–H groups in total. The van der Waals surface area contributed by atoms with Crippen molar-refractivity contribution in [3.8, 4) is 17.2 Å². The van der Waals surface area contributed by atoms with Gasteiger partial charge in [-0.15, -0.1) is 0 Å². The largest absolute Gasteiger partial charge is 0.493 e. The third-order valence-electron chi connectivity index (χ3n) is 5.28. The first-order valence-electron chi connectivity index (χ1n) is 10.6. The Morgan fingerprint density at radius 3 is 2.14 bits per heavy atom. The number of carbonyl (C=O) groups is 2. The Morgan fingerprint density at radius 1 is 0.943 bits per heavy atom. The van der Waals surface area contributed by atoms with Gasteiger partial charge in [-0.2, -0.15) is 0 Å². The van der Waals surface area contributed by atoms with Crippen molar-refractivity contribution in [1.82, 2.24) is 10.7 Å². The molecule has 35 heavy (non-hydrogen) atoms. The Bertz CT molecular complexity index is 1160. The lowest BCUT2D eigenvalue weighted by atomic mass is 9.96. The summed E-state index contributed by atoms with van der Waals surface area (Å²) in [5.74, 6) is 5.58. The van der Waals surface area contributed by atoms with Crippen molar-refractivity contribution in [2.75, 3.05) is 33.2 Å². The van der Waals surface area contributed by atoms with Crippen LogP contribution in [0.3, 0.4) is 0 Å². The fourth-order valence-electron chi connectivity index (χ4n) is 3.58. The molecule has 0 bridgehead atoms. The molecule has 0 unspecified atom stereocenters. The van der Waals surface area contributed by atoms with Gasteiger partial charge >= 0.3 is 0 Å². The molecule has 184 valence electrons. The highest BCUT2D eigenvalue weighted by Gasteiger charge is 2.21. The van der Waals surface area contributed by atoms with Crippen LogP contribution >= 0.6 is 11.6 Å². The normalized spacial score (nSPS) is 11.3. The van der Waals surface area contributed by atoms with Crippen LogP contribution in [0, 0.1) is 0 Å². The third kappa shape index (κ3) is 6.21. The van der Waals surface area contributed by atoms with E-state index in [0.29, 0.717) is 33.5 Å². The lowest BCUT2D eigenvalue weighted by Crippen LogP contribution is -2.39. The lowest BCUT2D eigenvalue weighted by molar-refractivity contribution is -0.120. The van der Waals surface area contributed by atoms with E-state index in [-0.39, 0.29) is 18.4 Å². The van der Waals surface area contributed by atoms with Crippen LogP contribution in [-0.2, 0) is 4.79 Å². The number of rotatable bonds is 10. The molecule has 0 radical (unpaired) electrons. The van der Waals surface area contributed by atoms with Gasteiger partial charge in [0.2, 0.25) is 11.7 Å². The molecule has 3 aromatic carbocycles. The Kier molecular flexibility index (Phi) is 8.91. The lowest BCUT2D eigenvalue weighted by Gasteiger charge is -2.23. The SMILES string of the molecule is COc1cc(C(=O)Nc2ccccc2[C@H](NCC(=O)NN)c2ccc(Cl)cc2)cc(OC)c1OC. The van der Waals surface area contributed by atoms with Gasteiger partial charge < -0.3 is 19.5 Å². The van der Waals surface area contributed by atoms with Crippen molar-refractivity contribution < 1.29 is 23.8 Å². The van der Waals surface area contributed by atoms with Gasteiger partial charge in [0.15, 0.2) is 11.5 Å². The summed E-state index contributed by atoms with van der Waals surface area (Å²) < 4.78 is 16.1. The Labute approximate surface area is 208 Å². The number of hydrogen-bond donors (Lipinski definition) is 4. The molecular weight excluding hydrogens is 472 g/mol. The minimum absolute atomic E-state index is 0.0427. The molecule has 0 aliphatic heterocycles. The topological polar surface area (TPSA) is 124 Å². The number of nitrogens with one attached hydrogen (secondary N) is 3. The average Bonchev–Trinajstić information content (AvgIpc) is 2.89. The molecule has 1 atom stereocenters. The number of ether oxygens (including phenoxy) is 3. The zero-order valence-electron chi connectivity index (χ0n) is 19.6. The van der Waals surface area contributed by atoms with Crippen molar-refractivity contribution in [3.63, 3.8) is 0 Å². The second-order valence-electron chi connectivity index (χ2n) is 7.39. The van der Waals surface area contributed by atoms with Crippen molar-refractivity contribution in [3.05, 3.63) is 82.4 Å². The molecule has 0 aliphatic carbocycles. The summed E-state index contributed by atoms with van der Waals surface area (Å²) in [6.45, 7) is -0.0427. The number of hydrazine groups is 1. The predicted octanol–water partition coefficient (Wildman–Crippen LogP) is 3.29. The van der Waals surface area contributed by atoms with Crippen molar-refractivity contribution in [2.24, 2.45) is 5.84 Å². The van der Waals surface area contributed by atoms with Crippen LogP contribution in [0.5, 0.6) is 17.2 Å². The quantitative estimate of drug-likeness (QED) is 0.192. The van der Waals surface area contributed by atoms with Crippen molar-refractivity contribution in [1.29, 1.82) is 0 Å². The van der Waals surface area contributed by atoms with Gasteiger partial charge in [0.25, 0.3) is 5.91 Å². The second-order valence-corrected chi connectivity index (χ2v) is 7.82. The summed E-state index contributed by atoms with van der Waals surface area (Å²) in [6.07, 6.45) is 0. The highest BCUT2D eigenvalue weighted by atomic mass is 35.5. The third-order valence-corrected chi connectivity index (χ3v) is 5.53. The highest BCUT2D eigenvalue weighted by Crippen LogP contribution is 2.38. The van der Waals surface area contributed by atoms with E-state index in [1.54, 1.807) is 36.4 Å². The zero-order valence-corrected chi connectivity index (χ0v) is 20.3. The molecule has 0 spiro atoms. The molecule has 10 heteroatoms. The minimum Gasteiger partial charge on any atom is -0.493 e. The van der Waals surface area contributed by atoms with E-state index in [1.165, 1.54) is 21.3 Å². The minimum atomic E-state index is -0.444. The molecule has 0 heterocycles. The van der Waals surface area contributed by atoms with Crippen LogP contribution in [0.1, 0.15) is 27.5 Å². The van der Waals surface area contributed by atoms with Crippen LogP contribution in [0.25, 0.3) is 0 Å². The maximum Gasteiger partial charge on any atom is 0.255 e. The summed E-state index contributed by atoms with van der Waals surface area (Å²) in [7, 11) is 4.45. The molecule has 9 nitrogen and oxygen atoms in total. The average molecular weight is 499 g/mol. The highest BCUT2D eigenvalue weighted by molar-refractivity contribution is 6.30. The molecular formula is C25H27ClN4O5. The van der Waals surface area contributed by atoms with Gasteiger partial charge in [-0.3, -0.25) is 20.3 Å².